The van der Waals surface area contributed by atoms with Crippen LogP contribution in [0.1, 0.15) is 44.1 Å². The molecule has 2 nitrogen and oxygen atoms in total. The molecular formula is C16H23NOS. The lowest BCUT2D eigenvalue weighted by Crippen LogP contribution is -2.41. The Kier molecular flexibility index (Phi) is 4.34. The molecular weight excluding hydrogens is 254 g/mol. The smallest absolute Gasteiger partial charge is 0.137 e. The van der Waals surface area contributed by atoms with E-state index in [1.54, 1.807) is 11.3 Å². The van der Waals surface area contributed by atoms with Crippen LogP contribution in [0.4, 0.5) is 0 Å². The second kappa shape index (κ2) is 6.19. The van der Waals surface area contributed by atoms with E-state index in [2.05, 4.69) is 21.7 Å². The van der Waals surface area contributed by atoms with Gasteiger partial charge in [-0.15, -0.1) is 0 Å². The van der Waals surface area contributed by atoms with Gasteiger partial charge in [-0.1, -0.05) is 6.42 Å². The van der Waals surface area contributed by atoms with Gasteiger partial charge < -0.3 is 0 Å². The number of hydrogen-bond acceptors (Lipinski definition) is 3. The first-order chi connectivity index (χ1) is 9.34. The molecule has 0 bridgehead atoms. The van der Waals surface area contributed by atoms with Gasteiger partial charge >= 0.3 is 0 Å². The fraction of sp³-hybridized carbons (Fsp3) is 0.688. The van der Waals surface area contributed by atoms with E-state index < -0.39 is 0 Å². The van der Waals surface area contributed by atoms with Crippen molar-refractivity contribution in [3.8, 4) is 0 Å². The molecule has 1 aliphatic heterocycles. The van der Waals surface area contributed by atoms with Crippen LogP contribution in [0.5, 0.6) is 0 Å². The zero-order valence-electron chi connectivity index (χ0n) is 11.5. The molecule has 3 rings (SSSR count). The lowest BCUT2D eigenvalue weighted by Gasteiger charge is -2.33. The molecule has 0 radical (unpaired) electrons. The Hall–Kier alpha value is -0.670. The Morgan fingerprint density at radius 3 is 3.00 bits per heavy atom. The highest BCUT2D eigenvalue weighted by Gasteiger charge is 2.36. The van der Waals surface area contributed by atoms with Gasteiger partial charge in [0.2, 0.25) is 0 Å². The van der Waals surface area contributed by atoms with E-state index in [0.29, 0.717) is 17.7 Å². The number of ketones is 1. The summed E-state index contributed by atoms with van der Waals surface area (Å²) in [6, 6.07) is 2.77. The van der Waals surface area contributed by atoms with E-state index in [-0.39, 0.29) is 0 Å². The molecule has 1 saturated heterocycles. The predicted molar refractivity (Wildman–Crippen MR) is 79.6 cm³/mol. The maximum Gasteiger partial charge on any atom is 0.137 e. The van der Waals surface area contributed by atoms with Crippen molar-refractivity contribution in [2.75, 3.05) is 13.1 Å². The van der Waals surface area contributed by atoms with Crippen molar-refractivity contribution >= 4 is 17.1 Å². The average Bonchev–Trinajstić information content (AvgIpc) is 3.08. The molecule has 1 aromatic heterocycles. The maximum absolute atomic E-state index is 12.1. The number of thiophene rings is 1. The molecule has 2 fully saturated rings. The summed E-state index contributed by atoms with van der Waals surface area (Å²) in [5.74, 6) is 0.886. The van der Waals surface area contributed by atoms with E-state index in [1.807, 2.05) is 0 Å². The Labute approximate surface area is 119 Å². The lowest BCUT2D eigenvalue weighted by atomic mass is 9.82. The van der Waals surface area contributed by atoms with Crippen LogP contribution in [0.15, 0.2) is 16.8 Å². The molecule has 0 N–H and O–H groups in total. The number of carbonyl (C=O) groups excluding carboxylic acids is 1. The molecule has 2 atom stereocenters. The number of rotatable bonds is 4. The zero-order chi connectivity index (χ0) is 13.1. The van der Waals surface area contributed by atoms with Crippen LogP contribution in [0.3, 0.4) is 0 Å². The standard InChI is InChI=1S/C16H23NOS/c18-16-6-2-1-4-14(16)15-5-3-9-17(15)10-7-13-8-11-19-12-13/h8,11-12,14-15H,1-7,9-10H2. The van der Waals surface area contributed by atoms with Gasteiger partial charge in [0, 0.05) is 24.9 Å². The summed E-state index contributed by atoms with van der Waals surface area (Å²) in [6.45, 7) is 2.32. The van der Waals surface area contributed by atoms with Gasteiger partial charge in [-0.2, -0.15) is 11.3 Å². The van der Waals surface area contributed by atoms with Crippen LogP contribution < -0.4 is 0 Å². The van der Waals surface area contributed by atoms with Crippen LogP contribution in [0.25, 0.3) is 0 Å². The number of Topliss-reactive ketones (excluding diaryl/α,β-unsaturated/α-hetero) is 1. The molecule has 1 saturated carbocycles. The average molecular weight is 277 g/mol. The fourth-order valence-electron chi connectivity index (χ4n) is 3.71. The van der Waals surface area contributed by atoms with Crippen LogP contribution in [0.2, 0.25) is 0 Å². The maximum atomic E-state index is 12.1. The molecule has 2 unspecified atom stereocenters. The van der Waals surface area contributed by atoms with Gasteiger partial charge in [-0.25, -0.2) is 0 Å². The molecule has 104 valence electrons. The van der Waals surface area contributed by atoms with Crippen molar-refractivity contribution in [1.29, 1.82) is 0 Å². The summed E-state index contributed by atoms with van der Waals surface area (Å²) in [5, 5.41) is 4.40. The van der Waals surface area contributed by atoms with Gasteiger partial charge in [0.25, 0.3) is 0 Å². The van der Waals surface area contributed by atoms with Crippen LogP contribution in [0, 0.1) is 5.92 Å². The van der Waals surface area contributed by atoms with Crippen molar-refractivity contribution in [2.45, 2.75) is 51.0 Å². The lowest BCUT2D eigenvalue weighted by molar-refractivity contribution is -0.126. The molecule has 3 heteroatoms. The van der Waals surface area contributed by atoms with Crippen LogP contribution in [-0.4, -0.2) is 29.8 Å². The molecule has 19 heavy (non-hydrogen) atoms. The predicted octanol–water partition coefficient (Wildman–Crippen LogP) is 3.51. The number of nitrogens with zero attached hydrogens (tertiary/aromatic N) is 1. The Bertz CT molecular complexity index is 414. The van der Waals surface area contributed by atoms with E-state index >= 15 is 0 Å². The summed E-state index contributed by atoms with van der Waals surface area (Å²) < 4.78 is 0. The molecule has 0 spiro atoms. The van der Waals surface area contributed by atoms with Crippen molar-refractivity contribution in [3.05, 3.63) is 22.4 Å². The molecule has 1 aliphatic carbocycles. The highest BCUT2D eigenvalue weighted by Crippen LogP contribution is 2.32. The quantitative estimate of drug-likeness (QED) is 0.839. The molecule has 2 aliphatic rings. The van der Waals surface area contributed by atoms with E-state index in [0.717, 1.165) is 32.2 Å². The summed E-state index contributed by atoms with van der Waals surface area (Å²) in [7, 11) is 0. The number of carbonyl (C=O) groups is 1. The minimum atomic E-state index is 0.346. The third-order valence-corrected chi connectivity index (χ3v) is 5.48. The summed E-state index contributed by atoms with van der Waals surface area (Å²) in [5.41, 5.74) is 1.45. The first-order valence-corrected chi connectivity index (χ1v) is 8.57. The number of likely N-dealkylation sites (tertiary alicyclic amines) is 1. The van der Waals surface area contributed by atoms with E-state index in [1.165, 1.54) is 31.4 Å². The molecule has 2 heterocycles. The summed E-state index contributed by atoms with van der Waals surface area (Å²) in [6.07, 6.45) is 8.00. The molecule has 0 aromatic carbocycles. The highest BCUT2D eigenvalue weighted by atomic mass is 32.1. The van der Waals surface area contributed by atoms with Crippen molar-refractivity contribution in [3.63, 3.8) is 0 Å². The van der Waals surface area contributed by atoms with Gasteiger partial charge in [-0.3, -0.25) is 9.69 Å². The second-order valence-corrected chi connectivity index (χ2v) is 6.73. The van der Waals surface area contributed by atoms with Gasteiger partial charge in [0.05, 0.1) is 0 Å². The third-order valence-electron chi connectivity index (χ3n) is 4.75. The molecule has 1 aromatic rings. The Morgan fingerprint density at radius 1 is 1.26 bits per heavy atom. The number of hydrogen-bond donors (Lipinski definition) is 0. The zero-order valence-corrected chi connectivity index (χ0v) is 12.3. The second-order valence-electron chi connectivity index (χ2n) is 5.95. The van der Waals surface area contributed by atoms with E-state index in [4.69, 9.17) is 0 Å². The minimum Gasteiger partial charge on any atom is -0.299 e. The summed E-state index contributed by atoms with van der Waals surface area (Å²) in [4.78, 5) is 14.7. The largest absolute Gasteiger partial charge is 0.299 e. The first-order valence-electron chi connectivity index (χ1n) is 7.62. The van der Waals surface area contributed by atoms with Crippen molar-refractivity contribution in [1.82, 2.24) is 4.90 Å². The first kappa shape index (κ1) is 13.3. The molecule has 0 amide bonds. The van der Waals surface area contributed by atoms with E-state index in [9.17, 15) is 4.79 Å². The monoisotopic (exact) mass is 277 g/mol. The SMILES string of the molecule is O=C1CCCCC1C1CCCN1CCc1ccsc1. The van der Waals surface area contributed by atoms with Crippen LogP contribution >= 0.6 is 11.3 Å². The topological polar surface area (TPSA) is 20.3 Å². The van der Waals surface area contributed by atoms with Crippen molar-refractivity contribution < 1.29 is 4.79 Å². The Morgan fingerprint density at radius 2 is 2.21 bits per heavy atom. The van der Waals surface area contributed by atoms with Gasteiger partial charge in [0.15, 0.2) is 0 Å². The fourth-order valence-corrected chi connectivity index (χ4v) is 4.41. The minimum absolute atomic E-state index is 0.346. The van der Waals surface area contributed by atoms with Crippen molar-refractivity contribution in [2.24, 2.45) is 5.92 Å². The Balaban J connectivity index is 1.59. The highest BCUT2D eigenvalue weighted by molar-refractivity contribution is 7.07. The summed E-state index contributed by atoms with van der Waals surface area (Å²) >= 11 is 1.78. The third kappa shape index (κ3) is 3.09. The van der Waals surface area contributed by atoms with Gasteiger partial charge in [-0.05, 0) is 61.0 Å². The van der Waals surface area contributed by atoms with Gasteiger partial charge in [0.1, 0.15) is 5.78 Å². The van der Waals surface area contributed by atoms with Crippen LogP contribution in [-0.2, 0) is 11.2 Å². The normalized spacial score (nSPS) is 28.9.